The van der Waals surface area contributed by atoms with E-state index >= 15 is 0 Å². The van der Waals surface area contributed by atoms with Crippen LogP contribution in [-0.2, 0) is 9.53 Å². The SMILES string of the molecule is CC(C)OCC(O)CN1CCC(C(=O)O)(C(C)C)C1. The molecule has 0 radical (unpaired) electrons. The van der Waals surface area contributed by atoms with Crippen molar-refractivity contribution in [1.82, 2.24) is 4.90 Å². The van der Waals surface area contributed by atoms with E-state index in [2.05, 4.69) is 0 Å². The highest BCUT2D eigenvalue weighted by Crippen LogP contribution is 2.38. The molecule has 1 heterocycles. The molecule has 2 N–H and O–H groups in total. The molecular formula is C14H27NO4. The second-order valence-corrected chi connectivity index (χ2v) is 6.14. The second-order valence-electron chi connectivity index (χ2n) is 6.14. The molecule has 1 saturated heterocycles. The number of hydrogen-bond donors (Lipinski definition) is 2. The lowest BCUT2D eigenvalue weighted by molar-refractivity contribution is -0.151. The largest absolute Gasteiger partial charge is 0.481 e. The number of carbonyl (C=O) groups is 1. The number of nitrogens with zero attached hydrogens (tertiary/aromatic N) is 1. The quantitative estimate of drug-likeness (QED) is 0.729. The van der Waals surface area contributed by atoms with Crippen LogP contribution in [0.5, 0.6) is 0 Å². The lowest BCUT2D eigenvalue weighted by Gasteiger charge is -2.29. The minimum absolute atomic E-state index is 0.0963. The molecule has 112 valence electrons. The van der Waals surface area contributed by atoms with Gasteiger partial charge < -0.3 is 14.9 Å². The molecule has 19 heavy (non-hydrogen) atoms. The molecule has 1 aliphatic heterocycles. The van der Waals surface area contributed by atoms with Gasteiger partial charge in [0.05, 0.1) is 24.2 Å². The smallest absolute Gasteiger partial charge is 0.311 e. The topological polar surface area (TPSA) is 70.0 Å². The zero-order valence-electron chi connectivity index (χ0n) is 12.4. The normalized spacial score (nSPS) is 26.3. The van der Waals surface area contributed by atoms with Gasteiger partial charge in [-0.2, -0.15) is 0 Å². The minimum atomic E-state index is -0.724. The molecule has 0 amide bonds. The number of aliphatic carboxylic acids is 1. The fourth-order valence-corrected chi connectivity index (χ4v) is 2.62. The number of aliphatic hydroxyl groups excluding tert-OH is 1. The van der Waals surface area contributed by atoms with E-state index < -0.39 is 17.5 Å². The van der Waals surface area contributed by atoms with Gasteiger partial charge >= 0.3 is 5.97 Å². The van der Waals surface area contributed by atoms with Crippen LogP contribution in [0.4, 0.5) is 0 Å². The Bertz CT molecular complexity index is 306. The molecule has 2 atom stereocenters. The fraction of sp³-hybridized carbons (Fsp3) is 0.929. The maximum Gasteiger partial charge on any atom is 0.311 e. The number of likely N-dealkylation sites (tertiary alicyclic amines) is 1. The molecule has 1 fully saturated rings. The van der Waals surface area contributed by atoms with Crippen molar-refractivity contribution >= 4 is 5.97 Å². The number of β-amino-alcohol motifs (C(OH)–C–C–N with tert-alkyl or cyclic N) is 1. The van der Waals surface area contributed by atoms with Crippen molar-refractivity contribution in [2.24, 2.45) is 11.3 Å². The molecular weight excluding hydrogens is 246 g/mol. The summed E-state index contributed by atoms with van der Waals surface area (Å²) in [6.45, 7) is 9.78. The van der Waals surface area contributed by atoms with Crippen molar-refractivity contribution in [3.63, 3.8) is 0 Å². The molecule has 0 saturated carbocycles. The Morgan fingerprint density at radius 2 is 2.00 bits per heavy atom. The number of aliphatic hydroxyl groups is 1. The molecule has 5 nitrogen and oxygen atoms in total. The standard InChI is InChI=1S/C14H27NO4/c1-10(2)14(13(17)18)5-6-15(9-14)7-12(16)8-19-11(3)4/h10-12,16H,5-9H2,1-4H3,(H,17,18). The van der Waals surface area contributed by atoms with Crippen LogP contribution in [0.25, 0.3) is 0 Å². The summed E-state index contributed by atoms with van der Waals surface area (Å²) in [6, 6.07) is 0. The first-order valence-electron chi connectivity index (χ1n) is 7.03. The number of ether oxygens (including phenoxy) is 1. The van der Waals surface area contributed by atoms with E-state index in [0.29, 0.717) is 26.1 Å². The number of carboxylic acid groups (broad SMARTS) is 1. The summed E-state index contributed by atoms with van der Waals surface area (Å²) >= 11 is 0. The van der Waals surface area contributed by atoms with Gasteiger partial charge in [0.1, 0.15) is 0 Å². The molecule has 5 heteroatoms. The molecule has 0 aromatic rings. The lowest BCUT2D eigenvalue weighted by atomic mass is 9.76. The molecule has 0 bridgehead atoms. The third-order valence-corrected chi connectivity index (χ3v) is 4.00. The highest BCUT2D eigenvalue weighted by Gasteiger charge is 2.47. The van der Waals surface area contributed by atoms with Gasteiger partial charge in [-0.3, -0.25) is 9.69 Å². The van der Waals surface area contributed by atoms with Crippen LogP contribution in [-0.4, -0.2) is 59.5 Å². The first-order valence-corrected chi connectivity index (χ1v) is 7.03. The predicted octanol–water partition coefficient (Wildman–Crippen LogP) is 1.20. The van der Waals surface area contributed by atoms with E-state index in [9.17, 15) is 15.0 Å². The van der Waals surface area contributed by atoms with Gasteiger partial charge in [-0.15, -0.1) is 0 Å². The second kappa shape index (κ2) is 6.68. The van der Waals surface area contributed by atoms with Crippen molar-refractivity contribution in [3.05, 3.63) is 0 Å². The van der Waals surface area contributed by atoms with Gasteiger partial charge in [-0.1, -0.05) is 13.8 Å². The minimum Gasteiger partial charge on any atom is -0.481 e. The van der Waals surface area contributed by atoms with E-state index in [-0.39, 0.29) is 12.0 Å². The Kier molecular flexibility index (Phi) is 5.77. The first-order chi connectivity index (χ1) is 8.78. The summed E-state index contributed by atoms with van der Waals surface area (Å²) in [5, 5.41) is 19.3. The molecule has 0 aromatic carbocycles. The third kappa shape index (κ3) is 4.16. The van der Waals surface area contributed by atoms with Gasteiger partial charge in [-0.25, -0.2) is 0 Å². The number of carboxylic acids is 1. The summed E-state index contributed by atoms with van der Waals surface area (Å²) in [4.78, 5) is 13.5. The summed E-state index contributed by atoms with van der Waals surface area (Å²) in [6.07, 6.45) is 0.193. The van der Waals surface area contributed by atoms with Crippen molar-refractivity contribution in [2.75, 3.05) is 26.2 Å². The zero-order valence-corrected chi connectivity index (χ0v) is 12.4. The average Bonchev–Trinajstić information content (AvgIpc) is 2.71. The van der Waals surface area contributed by atoms with E-state index in [1.54, 1.807) is 0 Å². The molecule has 1 aliphatic rings. The van der Waals surface area contributed by atoms with Crippen molar-refractivity contribution in [3.8, 4) is 0 Å². The van der Waals surface area contributed by atoms with Gasteiger partial charge in [0.15, 0.2) is 0 Å². The molecule has 1 rings (SSSR count). The van der Waals surface area contributed by atoms with E-state index in [1.165, 1.54) is 0 Å². The monoisotopic (exact) mass is 273 g/mol. The van der Waals surface area contributed by atoms with Gasteiger partial charge in [0.25, 0.3) is 0 Å². The fourth-order valence-electron chi connectivity index (χ4n) is 2.62. The number of hydrogen-bond acceptors (Lipinski definition) is 4. The third-order valence-electron chi connectivity index (χ3n) is 4.00. The van der Waals surface area contributed by atoms with Gasteiger partial charge in [0.2, 0.25) is 0 Å². The Morgan fingerprint density at radius 3 is 2.42 bits per heavy atom. The van der Waals surface area contributed by atoms with Crippen LogP contribution in [0.15, 0.2) is 0 Å². The maximum absolute atomic E-state index is 11.5. The van der Waals surface area contributed by atoms with Gasteiger partial charge in [0, 0.05) is 13.1 Å². The van der Waals surface area contributed by atoms with Crippen LogP contribution >= 0.6 is 0 Å². The van der Waals surface area contributed by atoms with E-state index in [0.717, 1.165) is 6.54 Å². The van der Waals surface area contributed by atoms with Crippen LogP contribution in [0, 0.1) is 11.3 Å². The van der Waals surface area contributed by atoms with Crippen LogP contribution in [0.2, 0.25) is 0 Å². The summed E-state index contributed by atoms with van der Waals surface area (Å²) < 4.78 is 5.37. The highest BCUT2D eigenvalue weighted by molar-refractivity contribution is 5.75. The van der Waals surface area contributed by atoms with Gasteiger partial charge in [-0.05, 0) is 32.7 Å². The highest BCUT2D eigenvalue weighted by atomic mass is 16.5. The van der Waals surface area contributed by atoms with E-state index in [4.69, 9.17) is 4.74 Å². The molecule has 0 spiro atoms. The Morgan fingerprint density at radius 1 is 1.37 bits per heavy atom. The summed E-state index contributed by atoms with van der Waals surface area (Å²) in [5.74, 6) is -0.628. The molecule has 0 aromatic heterocycles. The van der Waals surface area contributed by atoms with Crippen LogP contribution in [0.3, 0.4) is 0 Å². The summed E-state index contributed by atoms with van der Waals surface area (Å²) in [5.41, 5.74) is -0.668. The Hall–Kier alpha value is -0.650. The maximum atomic E-state index is 11.5. The number of rotatable bonds is 7. The molecule has 2 unspecified atom stereocenters. The van der Waals surface area contributed by atoms with Crippen molar-refractivity contribution in [2.45, 2.75) is 46.3 Å². The zero-order chi connectivity index (χ0) is 14.6. The van der Waals surface area contributed by atoms with Crippen molar-refractivity contribution in [1.29, 1.82) is 0 Å². The molecule has 0 aliphatic carbocycles. The Labute approximate surface area is 115 Å². The van der Waals surface area contributed by atoms with E-state index in [1.807, 2.05) is 32.6 Å². The first kappa shape index (κ1) is 16.4. The average molecular weight is 273 g/mol. The lowest BCUT2D eigenvalue weighted by Crippen LogP contribution is -2.41. The Balaban J connectivity index is 2.49. The van der Waals surface area contributed by atoms with Crippen LogP contribution in [0.1, 0.15) is 34.1 Å². The summed E-state index contributed by atoms with van der Waals surface area (Å²) in [7, 11) is 0. The van der Waals surface area contributed by atoms with Crippen LogP contribution < -0.4 is 0 Å². The predicted molar refractivity (Wildman–Crippen MR) is 73.1 cm³/mol. The van der Waals surface area contributed by atoms with Crippen molar-refractivity contribution < 1.29 is 19.7 Å².